The summed E-state index contributed by atoms with van der Waals surface area (Å²) in [4.78, 5) is 45.1. The zero-order valence-corrected chi connectivity index (χ0v) is 21.6. The first-order valence-corrected chi connectivity index (χ1v) is 12.3. The molecule has 0 aromatic heterocycles. The van der Waals surface area contributed by atoms with Crippen LogP contribution in [0.2, 0.25) is 0 Å². The molecule has 10 nitrogen and oxygen atoms in total. The third-order valence-electron chi connectivity index (χ3n) is 7.06. The molecule has 2 aromatic carbocycles. The summed E-state index contributed by atoms with van der Waals surface area (Å²) in [6.45, 7) is 1.87. The largest absolute Gasteiger partial charge is 0.497 e. The quantitative estimate of drug-likeness (QED) is 0.513. The Bertz CT molecular complexity index is 1120. The van der Waals surface area contributed by atoms with Gasteiger partial charge >= 0.3 is 0 Å². The summed E-state index contributed by atoms with van der Waals surface area (Å²) < 4.78 is 15.7. The third kappa shape index (κ3) is 5.34. The van der Waals surface area contributed by atoms with Crippen LogP contribution in [0.25, 0.3) is 0 Å². The minimum Gasteiger partial charge on any atom is -0.497 e. The molecule has 0 radical (unpaired) electrons. The van der Waals surface area contributed by atoms with Crippen molar-refractivity contribution in [2.75, 3.05) is 65.7 Å². The number of benzene rings is 2. The Kier molecular flexibility index (Phi) is 8.17. The van der Waals surface area contributed by atoms with Crippen LogP contribution in [0.4, 0.5) is 5.69 Å². The number of nitrogens with one attached hydrogen (secondary N) is 1. The van der Waals surface area contributed by atoms with E-state index in [9.17, 15) is 14.4 Å². The van der Waals surface area contributed by atoms with E-state index >= 15 is 0 Å². The van der Waals surface area contributed by atoms with E-state index in [0.29, 0.717) is 62.8 Å². The Labute approximate surface area is 217 Å². The number of nitrogens with zero attached hydrogens (tertiary/aromatic N) is 3. The van der Waals surface area contributed by atoms with Crippen LogP contribution in [0.5, 0.6) is 11.5 Å². The van der Waals surface area contributed by atoms with Gasteiger partial charge in [0.25, 0.3) is 11.8 Å². The van der Waals surface area contributed by atoms with E-state index in [1.807, 2.05) is 30.3 Å². The van der Waals surface area contributed by atoms with Gasteiger partial charge in [-0.15, -0.1) is 0 Å². The van der Waals surface area contributed by atoms with Crippen molar-refractivity contribution in [3.63, 3.8) is 0 Å². The fourth-order valence-corrected chi connectivity index (χ4v) is 5.07. The summed E-state index contributed by atoms with van der Waals surface area (Å²) in [5.41, 5.74) is 0.538. The molecule has 1 spiro atoms. The van der Waals surface area contributed by atoms with Gasteiger partial charge < -0.3 is 34.2 Å². The van der Waals surface area contributed by atoms with Gasteiger partial charge in [-0.25, -0.2) is 0 Å². The number of hydrogen-bond acceptors (Lipinski definition) is 7. The predicted octanol–water partition coefficient (Wildman–Crippen LogP) is 1.75. The van der Waals surface area contributed by atoms with Crippen molar-refractivity contribution < 1.29 is 28.6 Å². The second-order valence-electron chi connectivity index (χ2n) is 9.14. The monoisotopic (exact) mass is 510 g/mol. The third-order valence-corrected chi connectivity index (χ3v) is 7.06. The topological polar surface area (TPSA) is 101 Å². The lowest BCUT2D eigenvalue weighted by Crippen LogP contribution is -2.57. The zero-order valence-electron chi connectivity index (χ0n) is 21.6. The fraction of sp³-hybridized carbons (Fsp3) is 0.444. The van der Waals surface area contributed by atoms with E-state index in [1.165, 1.54) is 7.11 Å². The average molecular weight is 511 g/mol. The van der Waals surface area contributed by atoms with Crippen LogP contribution in [-0.4, -0.2) is 93.8 Å². The standard InChI is InChI=1S/C27H34N4O6/c1-35-16-13-28-24(32)18-30-19-31(20-7-5-4-6-8-20)27(26(30)34)11-14-29(15-12-27)25(33)22-10-9-21(36-2)17-23(22)37-3/h4-10,17H,11-16,18-19H2,1-3H3,(H,28,32). The highest BCUT2D eigenvalue weighted by Crippen LogP contribution is 2.40. The number of carbonyl (C=O) groups is 3. The molecule has 3 amide bonds. The van der Waals surface area contributed by atoms with Crippen LogP contribution in [0, 0.1) is 0 Å². The van der Waals surface area contributed by atoms with Crippen LogP contribution >= 0.6 is 0 Å². The van der Waals surface area contributed by atoms with Gasteiger partial charge in [-0.1, -0.05) is 18.2 Å². The average Bonchev–Trinajstić information content (AvgIpc) is 3.19. The summed E-state index contributed by atoms with van der Waals surface area (Å²) in [6.07, 6.45) is 0.902. The lowest BCUT2D eigenvalue weighted by molar-refractivity contribution is -0.137. The van der Waals surface area contributed by atoms with Gasteiger partial charge in [0.05, 0.1) is 33.1 Å². The van der Waals surface area contributed by atoms with Crippen LogP contribution in [0.3, 0.4) is 0 Å². The summed E-state index contributed by atoms with van der Waals surface area (Å²) in [6, 6.07) is 14.8. The van der Waals surface area contributed by atoms with E-state index in [0.717, 1.165) is 5.69 Å². The van der Waals surface area contributed by atoms with Gasteiger partial charge in [0.2, 0.25) is 5.91 Å². The van der Waals surface area contributed by atoms with Gasteiger partial charge in [0.1, 0.15) is 23.6 Å². The number of para-hydroxylation sites is 1. The number of rotatable bonds is 9. The van der Waals surface area contributed by atoms with Crippen molar-refractivity contribution in [2.24, 2.45) is 0 Å². The molecule has 0 saturated carbocycles. The maximum Gasteiger partial charge on any atom is 0.257 e. The molecule has 2 heterocycles. The van der Waals surface area contributed by atoms with Crippen molar-refractivity contribution in [1.82, 2.24) is 15.1 Å². The van der Waals surface area contributed by atoms with Crippen molar-refractivity contribution in [3.8, 4) is 11.5 Å². The van der Waals surface area contributed by atoms with Gasteiger partial charge in [0.15, 0.2) is 0 Å². The Hall–Kier alpha value is -3.79. The van der Waals surface area contributed by atoms with Crippen LogP contribution in [0.15, 0.2) is 48.5 Å². The normalized spacial score (nSPS) is 16.7. The molecule has 0 atom stereocenters. The van der Waals surface area contributed by atoms with Crippen LogP contribution in [-0.2, 0) is 14.3 Å². The molecule has 198 valence electrons. The Balaban J connectivity index is 1.52. The van der Waals surface area contributed by atoms with E-state index < -0.39 is 5.54 Å². The smallest absolute Gasteiger partial charge is 0.257 e. The molecular formula is C27H34N4O6. The predicted molar refractivity (Wildman–Crippen MR) is 138 cm³/mol. The van der Waals surface area contributed by atoms with Gasteiger partial charge in [-0.2, -0.15) is 0 Å². The fourth-order valence-electron chi connectivity index (χ4n) is 5.07. The molecule has 0 unspecified atom stereocenters. The number of methoxy groups -OCH3 is 3. The van der Waals surface area contributed by atoms with Crippen molar-refractivity contribution in [1.29, 1.82) is 0 Å². The zero-order chi connectivity index (χ0) is 26.4. The molecule has 2 aromatic rings. The molecule has 2 aliphatic heterocycles. The molecular weight excluding hydrogens is 476 g/mol. The number of hydrogen-bond donors (Lipinski definition) is 1. The second kappa shape index (κ2) is 11.5. The SMILES string of the molecule is COCCNC(=O)CN1CN(c2ccccc2)C2(CCN(C(=O)c3ccc(OC)cc3OC)CC2)C1=O. The summed E-state index contributed by atoms with van der Waals surface area (Å²) >= 11 is 0. The minimum absolute atomic E-state index is 0.0284. The number of ether oxygens (including phenoxy) is 3. The van der Waals surface area contributed by atoms with Gasteiger partial charge in [-0.05, 0) is 37.1 Å². The van der Waals surface area contributed by atoms with Crippen molar-refractivity contribution >= 4 is 23.4 Å². The first-order valence-electron chi connectivity index (χ1n) is 12.3. The molecule has 0 aliphatic carbocycles. The van der Waals surface area contributed by atoms with Gasteiger partial charge in [0, 0.05) is 38.5 Å². The lowest BCUT2D eigenvalue weighted by Gasteiger charge is -2.43. The molecule has 2 saturated heterocycles. The highest BCUT2D eigenvalue weighted by molar-refractivity contribution is 5.99. The van der Waals surface area contributed by atoms with Crippen LogP contribution < -0.4 is 19.7 Å². The molecule has 2 aliphatic rings. The first-order chi connectivity index (χ1) is 17.9. The maximum atomic E-state index is 13.8. The number of likely N-dealkylation sites (tertiary alicyclic amines) is 1. The maximum absolute atomic E-state index is 13.8. The molecule has 1 N–H and O–H groups in total. The van der Waals surface area contributed by atoms with Crippen LogP contribution in [0.1, 0.15) is 23.2 Å². The van der Waals surface area contributed by atoms with E-state index in [-0.39, 0.29) is 24.3 Å². The van der Waals surface area contributed by atoms with Crippen molar-refractivity contribution in [3.05, 3.63) is 54.1 Å². The van der Waals surface area contributed by atoms with E-state index in [2.05, 4.69) is 10.2 Å². The molecule has 37 heavy (non-hydrogen) atoms. The first kappa shape index (κ1) is 26.3. The number of amides is 3. The number of anilines is 1. The van der Waals surface area contributed by atoms with Gasteiger partial charge in [-0.3, -0.25) is 14.4 Å². The summed E-state index contributed by atoms with van der Waals surface area (Å²) in [5.74, 6) is 0.577. The highest BCUT2D eigenvalue weighted by Gasteiger charge is 2.54. The van der Waals surface area contributed by atoms with E-state index in [1.54, 1.807) is 42.2 Å². The summed E-state index contributed by atoms with van der Waals surface area (Å²) in [5, 5.41) is 2.79. The Morgan fingerprint density at radius 2 is 1.73 bits per heavy atom. The minimum atomic E-state index is -0.824. The number of carbonyl (C=O) groups excluding carboxylic acids is 3. The molecule has 10 heteroatoms. The van der Waals surface area contributed by atoms with Crippen molar-refractivity contribution in [2.45, 2.75) is 18.4 Å². The summed E-state index contributed by atoms with van der Waals surface area (Å²) in [7, 11) is 4.65. The van der Waals surface area contributed by atoms with E-state index in [4.69, 9.17) is 14.2 Å². The second-order valence-corrected chi connectivity index (χ2v) is 9.14. The number of piperidine rings is 1. The Morgan fingerprint density at radius 1 is 1.00 bits per heavy atom. The molecule has 0 bridgehead atoms. The highest BCUT2D eigenvalue weighted by atomic mass is 16.5. The molecule has 4 rings (SSSR count). The molecule has 2 fully saturated rings. The Morgan fingerprint density at radius 3 is 2.38 bits per heavy atom. The lowest BCUT2D eigenvalue weighted by atomic mass is 9.85.